The average molecular weight is 441 g/mol. The Morgan fingerprint density at radius 2 is 1.94 bits per heavy atom. The topological polar surface area (TPSA) is 82.2 Å². The van der Waals surface area contributed by atoms with E-state index in [1.54, 1.807) is 4.90 Å². The summed E-state index contributed by atoms with van der Waals surface area (Å²) < 4.78 is 5.96. The van der Waals surface area contributed by atoms with Crippen molar-refractivity contribution in [1.29, 1.82) is 0 Å². The molecular weight excluding hydrogens is 408 g/mol. The van der Waals surface area contributed by atoms with Gasteiger partial charge in [-0.2, -0.15) is 0 Å². The van der Waals surface area contributed by atoms with Gasteiger partial charge in [-0.25, -0.2) is 0 Å². The highest BCUT2D eigenvalue weighted by Gasteiger charge is 2.33. The number of piperidine rings is 1. The summed E-state index contributed by atoms with van der Waals surface area (Å²) in [5, 5.41) is 3.25. The Hall–Kier alpha value is -2.87. The van der Waals surface area contributed by atoms with Gasteiger partial charge in [-0.05, 0) is 24.3 Å². The molecule has 172 valence electrons. The number of benzene rings is 1. The number of hydrogen-bond donors (Lipinski definition) is 1. The quantitative estimate of drug-likeness (QED) is 0.558. The summed E-state index contributed by atoms with van der Waals surface area (Å²) in [6.45, 7) is 5.00. The number of nitrogens with one attached hydrogen (secondary N) is 1. The van der Waals surface area contributed by atoms with E-state index in [0.29, 0.717) is 58.8 Å². The number of fused-ring (bicyclic) bond motifs is 3. The summed E-state index contributed by atoms with van der Waals surface area (Å²) in [5.41, 5.74) is 1.03. The first-order valence-electron chi connectivity index (χ1n) is 11.5. The van der Waals surface area contributed by atoms with E-state index in [0.717, 1.165) is 24.1 Å². The molecule has 1 N–H and O–H groups in total. The van der Waals surface area contributed by atoms with Crippen molar-refractivity contribution in [2.24, 2.45) is 11.8 Å². The summed E-state index contributed by atoms with van der Waals surface area (Å²) >= 11 is 0. The Kier molecular flexibility index (Phi) is 7.42. The van der Waals surface area contributed by atoms with E-state index in [1.165, 1.54) is 0 Å². The van der Waals surface area contributed by atoms with Gasteiger partial charge in [0.15, 0.2) is 0 Å². The molecule has 2 bridgehead atoms. The van der Waals surface area contributed by atoms with Crippen molar-refractivity contribution in [3.8, 4) is 5.75 Å². The maximum absolute atomic E-state index is 12.9. The molecule has 0 spiro atoms. The highest BCUT2D eigenvalue weighted by atomic mass is 16.5. The van der Waals surface area contributed by atoms with Gasteiger partial charge >= 0.3 is 0 Å². The molecule has 1 aromatic rings. The molecule has 4 rings (SSSR count). The SMILES string of the molecule is O=CN1CCN(C(=O)C[C@@H]2CCN3C[C@@H]2/C=C/COc2ccccc2CNCC3=O)CC1. The fourth-order valence-electron chi connectivity index (χ4n) is 4.73. The zero-order valence-corrected chi connectivity index (χ0v) is 18.4. The first-order chi connectivity index (χ1) is 15.6. The molecule has 1 aromatic carbocycles. The molecule has 32 heavy (non-hydrogen) atoms. The van der Waals surface area contributed by atoms with Crippen LogP contribution in [0.3, 0.4) is 0 Å². The molecule has 3 aliphatic rings. The zero-order chi connectivity index (χ0) is 22.3. The molecule has 0 unspecified atom stereocenters. The largest absolute Gasteiger partial charge is 0.489 e. The molecular formula is C24H32N4O4. The van der Waals surface area contributed by atoms with Crippen LogP contribution in [0.15, 0.2) is 36.4 Å². The number of para-hydroxylation sites is 1. The van der Waals surface area contributed by atoms with Gasteiger partial charge in [-0.3, -0.25) is 14.4 Å². The number of amides is 3. The van der Waals surface area contributed by atoms with Gasteiger partial charge in [0, 0.05) is 57.8 Å². The van der Waals surface area contributed by atoms with Gasteiger partial charge in [0.05, 0.1) is 6.54 Å². The van der Waals surface area contributed by atoms with Crippen LogP contribution in [-0.2, 0) is 20.9 Å². The van der Waals surface area contributed by atoms with Gasteiger partial charge < -0.3 is 24.8 Å². The minimum Gasteiger partial charge on any atom is -0.489 e. The van der Waals surface area contributed by atoms with Crippen LogP contribution >= 0.6 is 0 Å². The summed E-state index contributed by atoms with van der Waals surface area (Å²) in [6, 6.07) is 7.86. The molecule has 2 atom stereocenters. The summed E-state index contributed by atoms with van der Waals surface area (Å²) in [4.78, 5) is 42.1. The molecule has 8 nitrogen and oxygen atoms in total. The molecule has 3 amide bonds. The van der Waals surface area contributed by atoms with Crippen molar-refractivity contribution in [2.45, 2.75) is 19.4 Å². The number of carbonyl (C=O) groups is 3. The third kappa shape index (κ3) is 5.48. The second-order valence-corrected chi connectivity index (χ2v) is 8.73. The molecule has 0 saturated carbocycles. The van der Waals surface area contributed by atoms with Gasteiger partial charge in [0.1, 0.15) is 12.4 Å². The van der Waals surface area contributed by atoms with Crippen LogP contribution in [0.2, 0.25) is 0 Å². The number of rotatable bonds is 3. The zero-order valence-electron chi connectivity index (χ0n) is 18.4. The van der Waals surface area contributed by atoms with E-state index in [4.69, 9.17) is 4.74 Å². The lowest BCUT2D eigenvalue weighted by Crippen LogP contribution is -2.50. The monoisotopic (exact) mass is 440 g/mol. The van der Waals surface area contributed by atoms with Crippen molar-refractivity contribution in [3.05, 3.63) is 42.0 Å². The lowest BCUT2D eigenvalue weighted by Gasteiger charge is -2.39. The highest BCUT2D eigenvalue weighted by molar-refractivity contribution is 5.79. The minimum atomic E-state index is 0.0933. The van der Waals surface area contributed by atoms with E-state index in [2.05, 4.69) is 11.4 Å². The molecule has 2 saturated heterocycles. The van der Waals surface area contributed by atoms with Crippen LogP contribution in [0.25, 0.3) is 0 Å². The molecule has 0 aliphatic carbocycles. The molecule has 3 aliphatic heterocycles. The Balaban J connectivity index is 1.42. The fraction of sp³-hybridized carbons (Fsp3) is 0.542. The fourth-order valence-corrected chi connectivity index (χ4v) is 4.73. The van der Waals surface area contributed by atoms with Crippen LogP contribution in [0, 0.1) is 11.8 Å². The van der Waals surface area contributed by atoms with Gasteiger partial charge in [-0.15, -0.1) is 0 Å². The molecule has 8 heteroatoms. The first-order valence-corrected chi connectivity index (χ1v) is 11.5. The lowest BCUT2D eigenvalue weighted by molar-refractivity contribution is -0.137. The second kappa shape index (κ2) is 10.6. The molecule has 0 radical (unpaired) electrons. The van der Waals surface area contributed by atoms with Crippen LogP contribution in [0.5, 0.6) is 5.75 Å². The standard InChI is InChI=1S/C24H32N4O4/c29-18-26-9-11-27(12-10-26)23(30)14-19-7-8-28-17-21(19)5-3-13-32-22-6-2-1-4-20(22)15-25-16-24(28)31/h1-6,18-19,21,25H,7-17H2/b5-3+/t19-,21-/m0/s1. The summed E-state index contributed by atoms with van der Waals surface area (Å²) in [5.74, 6) is 1.37. The van der Waals surface area contributed by atoms with Gasteiger partial charge in [0.25, 0.3) is 0 Å². The number of nitrogens with zero attached hydrogens (tertiary/aromatic N) is 3. The predicted molar refractivity (Wildman–Crippen MR) is 120 cm³/mol. The van der Waals surface area contributed by atoms with Crippen LogP contribution in [0.4, 0.5) is 0 Å². The third-order valence-electron chi connectivity index (χ3n) is 6.69. The van der Waals surface area contributed by atoms with E-state index in [-0.39, 0.29) is 30.2 Å². The first kappa shape index (κ1) is 22.3. The second-order valence-electron chi connectivity index (χ2n) is 8.73. The van der Waals surface area contributed by atoms with Gasteiger partial charge in [0.2, 0.25) is 18.2 Å². The number of carbonyl (C=O) groups excluding carboxylic acids is 3. The van der Waals surface area contributed by atoms with E-state index >= 15 is 0 Å². The predicted octanol–water partition coefficient (Wildman–Crippen LogP) is 0.880. The van der Waals surface area contributed by atoms with Crippen molar-refractivity contribution in [3.63, 3.8) is 0 Å². The van der Waals surface area contributed by atoms with Crippen molar-refractivity contribution >= 4 is 18.2 Å². The number of hydrogen-bond acceptors (Lipinski definition) is 5. The Bertz CT molecular complexity index is 850. The smallest absolute Gasteiger partial charge is 0.236 e. The number of ether oxygens (including phenoxy) is 1. The maximum atomic E-state index is 12.9. The van der Waals surface area contributed by atoms with E-state index < -0.39 is 0 Å². The van der Waals surface area contributed by atoms with Crippen molar-refractivity contribution in [1.82, 2.24) is 20.0 Å². The lowest BCUT2D eigenvalue weighted by atomic mass is 9.82. The Morgan fingerprint density at radius 1 is 1.12 bits per heavy atom. The highest BCUT2D eigenvalue weighted by Crippen LogP contribution is 2.29. The molecule has 3 heterocycles. The van der Waals surface area contributed by atoms with Gasteiger partial charge in [-0.1, -0.05) is 30.4 Å². The summed E-state index contributed by atoms with van der Waals surface area (Å²) in [7, 11) is 0. The van der Waals surface area contributed by atoms with Crippen LogP contribution in [-0.4, -0.2) is 85.3 Å². The van der Waals surface area contributed by atoms with Crippen molar-refractivity contribution in [2.75, 3.05) is 52.4 Å². The Labute approximate surface area is 189 Å². The Morgan fingerprint density at radius 3 is 2.75 bits per heavy atom. The summed E-state index contributed by atoms with van der Waals surface area (Å²) in [6.07, 6.45) is 6.26. The van der Waals surface area contributed by atoms with E-state index in [9.17, 15) is 14.4 Å². The third-order valence-corrected chi connectivity index (χ3v) is 6.69. The van der Waals surface area contributed by atoms with Crippen molar-refractivity contribution < 1.29 is 19.1 Å². The maximum Gasteiger partial charge on any atom is 0.236 e. The van der Waals surface area contributed by atoms with E-state index in [1.807, 2.05) is 40.1 Å². The minimum absolute atomic E-state index is 0.0933. The molecule has 2 fully saturated rings. The number of piperazine rings is 1. The van der Waals surface area contributed by atoms with Crippen LogP contribution < -0.4 is 10.1 Å². The normalized spacial score (nSPS) is 25.5. The molecule has 0 aromatic heterocycles. The average Bonchev–Trinajstić information content (AvgIpc) is 2.83. The van der Waals surface area contributed by atoms with Crippen LogP contribution in [0.1, 0.15) is 18.4 Å².